The highest BCUT2D eigenvalue weighted by Crippen LogP contribution is 2.28. The number of fused-ring (bicyclic) bond motifs is 1. The van der Waals surface area contributed by atoms with Gasteiger partial charge in [-0.3, -0.25) is 4.79 Å². The zero-order chi connectivity index (χ0) is 17.9. The third kappa shape index (κ3) is 3.94. The average Bonchev–Trinajstić information content (AvgIpc) is 3.24. The summed E-state index contributed by atoms with van der Waals surface area (Å²) < 4.78 is 5.12. The standard InChI is InChI=1S/C19H24N4O2S/c1-13-21-18(25-22-13)12-26-17-4-2-14(3-5-17)19(24)23-8-6-15-10-20-11-16(15)7-9-23/h2-5,15-16,20H,6-12H2,1H3/t15-,16+. The number of benzene rings is 1. The van der Waals surface area contributed by atoms with E-state index in [2.05, 4.69) is 15.5 Å². The molecule has 0 saturated carbocycles. The molecule has 0 bridgehead atoms. The van der Waals surface area contributed by atoms with E-state index in [0.29, 0.717) is 17.5 Å². The lowest BCUT2D eigenvalue weighted by Gasteiger charge is -2.21. The first-order chi connectivity index (χ1) is 12.7. The Kier molecular flexibility index (Phi) is 5.26. The topological polar surface area (TPSA) is 71.3 Å². The number of aryl methyl sites for hydroxylation is 1. The van der Waals surface area contributed by atoms with Crippen molar-refractivity contribution in [2.45, 2.75) is 30.4 Å². The maximum Gasteiger partial charge on any atom is 0.253 e. The number of carbonyl (C=O) groups excluding carboxylic acids is 1. The molecule has 1 amide bonds. The number of aromatic nitrogens is 2. The lowest BCUT2D eigenvalue weighted by Crippen LogP contribution is -2.32. The lowest BCUT2D eigenvalue weighted by molar-refractivity contribution is 0.0758. The van der Waals surface area contributed by atoms with Crippen LogP contribution in [0, 0.1) is 18.8 Å². The van der Waals surface area contributed by atoms with E-state index in [1.165, 1.54) is 0 Å². The summed E-state index contributed by atoms with van der Waals surface area (Å²) in [4.78, 5) is 20.2. The Labute approximate surface area is 157 Å². The van der Waals surface area contributed by atoms with Crippen molar-refractivity contribution < 1.29 is 9.32 Å². The van der Waals surface area contributed by atoms with Crippen LogP contribution in [0.3, 0.4) is 0 Å². The van der Waals surface area contributed by atoms with Crippen LogP contribution in [0.4, 0.5) is 0 Å². The molecule has 4 rings (SSSR count). The molecule has 2 saturated heterocycles. The van der Waals surface area contributed by atoms with E-state index >= 15 is 0 Å². The number of likely N-dealkylation sites (tertiary alicyclic amines) is 1. The first-order valence-corrected chi connectivity index (χ1v) is 10.2. The fraction of sp³-hybridized carbons (Fsp3) is 0.526. The smallest absolute Gasteiger partial charge is 0.253 e. The number of rotatable bonds is 4. The normalized spacial score (nSPS) is 22.9. The van der Waals surface area contributed by atoms with E-state index in [-0.39, 0.29) is 5.91 Å². The Morgan fingerprint density at radius 2 is 1.92 bits per heavy atom. The predicted octanol–water partition coefficient (Wildman–Crippen LogP) is 2.74. The Morgan fingerprint density at radius 3 is 2.54 bits per heavy atom. The van der Waals surface area contributed by atoms with Crippen LogP contribution in [-0.2, 0) is 5.75 Å². The molecule has 2 aromatic rings. The van der Waals surface area contributed by atoms with Gasteiger partial charge in [-0.1, -0.05) is 5.16 Å². The molecule has 0 unspecified atom stereocenters. The molecule has 26 heavy (non-hydrogen) atoms. The Bertz CT molecular complexity index is 747. The minimum Gasteiger partial charge on any atom is -0.339 e. The van der Waals surface area contributed by atoms with Gasteiger partial charge in [0, 0.05) is 23.5 Å². The monoisotopic (exact) mass is 372 g/mol. The zero-order valence-corrected chi connectivity index (χ0v) is 15.8. The minimum absolute atomic E-state index is 0.155. The van der Waals surface area contributed by atoms with Gasteiger partial charge >= 0.3 is 0 Å². The molecule has 0 aliphatic carbocycles. The molecule has 0 radical (unpaired) electrons. The van der Waals surface area contributed by atoms with E-state index < -0.39 is 0 Å². The van der Waals surface area contributed by atoms with Crippen molar-refractivity contribution in [1.82, 2.24) is 20.4 Å². The maximum atomic E-state index is 12.8. The summed E-state index contributed by atoms with van der Waals surface area (Å²) in [7, 11) is 0. The molecule has 2 fully saturated rings. The predicted molar refractivity (Wildman–Crippen MR) is 100 cm³/mol. The maximum absolute atomic E-state index is 12.8. The fourth-order valence-electron chi connectivity index (χ4n) is 3.84. The summed E-state index contributed by atoms with van der Waals surface area (Å²) in [5.74, 6) is 3.54. The van der Waals surface area contributed by atoms with Gasteiger partial charge in [0.1, 0.15) is 0 Å². The van der Waals surface area contributed by atoms with Crippen LogP contribution in [0.5, 0.6) is 0 Å². The molecule has 2 aliphatic heterocycles. The van der Waals surface area contributed by atoms with E-state index in [9.17, 15) is 4.79 Å². The molecule has 3 heterocycles. The van der Waals surface area contributed by atoms with Crippen molar-refractivity contribution in [3.63, 3.8) is 0 Å². The second-order valence-corrected chi connectivity index (χ2v) is 8.15. The molecule has 0 spiro atoms. The van der Waals surface area contributed by atoms with Gasteiger partial charge in [0.05, 0.1) is 5.75 Å². The SMILES string of the molecule is Cc1noc(CSc2ccc(C(=O)N3CC[C@@H]4CNC[C@@H]4CC3)cc2)n1. The molecular formula is C19H24N4O2S. The zero-order valence-electron chi connectivity index (χ0n) is 15.0. The Balaban J connectivity index is 1.34. The number of hydrogen-bond acceptors (Lipinski definition) is 6. The number of hydrogen-bond donors (Lipinski definition) is 1. The van der Waals surface area contributed by atoms with Gasteiger partial charge in [-0.15, -0.1) is 11.8 Å². The van der Waals surface area contributed by atoms with E-state index in [1.807, 2.05) is 36.1 Å². The fourth-order valence-corrected chi connectivity index (χ4v) is 4.58. The number of nitrogens with zero attached hydrogens (tertiary/aromatic N) is 3. The van der Waals surface area contributed by atoms with Gasteiger partial charge in [-0.25, -0.2) is 0 Å². The Hall–Kier alpha value is -1.86. The highest BCUT2D eigenvalue weighted by Gasteiger charge is 2.31. The first-order valence-electron chi connectivity index (χ1n) is 9.21. The molecule has 2 aliphatic rings. The second-order valence-electron chi connectivity index (χ2n) is 7.10. The van der Waals surface area contributed by atoms with Crippen molar-refractivity contribution in [1.29, 1.82) is 0 Å². The summed E-state index contributed by atoms with van der Waals surface area (Å²) in [5, 5.41) is 7.27. The van der Waals surface area contributed by atoms with E-state index in [0.717, 1.165) is 61.3 Å². The van der Waals surface area contributed by atoms with Gasteiger partial charge < -0.3 is 14.7 Å². The molecular weight excluding hydrogens is 348 g/mol. The molecule has 1 aromatic carbocycles. The van der Waals surface area contributed by atoms with E-state index in [1.54, 1.807) is 11.8 Å². The highest BCUT2D eigenvalue weighted by molar-refractivity contribution is 7.98. The quantitative estimate of drug-likeness (QED) is 0.832. The van der Waals surface area contributed by atoms with Crippen molar-refractivity contribution in [3.05, 3.63) is 41.5 Å². The molecule has 1 aromatic heterocycles. The van der Waals surface area contributed by atoms with Crippen LogP contribution in [0.2, 0.25) is 0 Å². The third-order valence-electron chi connectivity index (χ3n) is 5.34. The third-order valence-corrected chi connectivity index (χ3v) is 6.34. The second kappa shape index (κ2) is 7.80. The van der Waals surface area contributed by atoms with Crippen molar-refractivity contribution in [3.8, 4) is 0 Å². The van der Waals surface area contributed by atoms with Crippen molar-refractivity contribution in [2.75, 3.05) is 26.2 Å². The van der Waals surface area contributed by atoms with Crippen LogP contribution in [0.1, 0.15) is 34.9 Å². The molecule has 2 atom stereocenters. The van der Waals surface area contributed by atoms with Crippen LogP contribution in [0.25, 0.3) is 0 Å². The number of amides is 1. The summed E-state index contributed by atoms with van der Waals surface area (Å²) >= 11 is 1.63. The molecule has 1 N–H and O–H groups in total. The van der Waals surface area contributed by atoms with Gasteiger partial charge in [0.2, 0.25) is 5.89 Å². The van der Waals surface area contributed by atoms with E-state index in [4.69, 9.17) is 4.52 Å². The molecule has 138 valence electrons. The van der Waals surface area contributed by atoms with Crippen LogP contribution < -0.4 is 5.32 Å². The lowest BCUT2D eigenvalue weighted by atomic mass is 9.92. The summed E-state index contributed by atoms with van der Waals surface area (Å²) in [6, 6.07) is 7.85. The van der Waals surface area contributed by atoms with Gasteiger partial charge in [0.25, 0.3) is 5.91 Å². The molecule has 7 heteroatoms. The average molecular weight is 372 g/mol. The van der Waals surface area contributed by atoms with Crippen molar-refractivity contribution >= 4 is 17.7 Å². The van der Waals surface area contributed by atoms with Crippen LogP contribution in [0.15, 0.2) is 33.7 Å². The van der Waals surface area contributed by atoms with Crippen LogP contribution >= 0.6 is 11.8 Å². The number of carbonyl (C=O) groups is 1. The number of nitrogens with one attached hydrogen (secondary N) is 1. The summed E-state index contributed by atoms with van der Waals surface area (Å²) in [5.41, 5.74) is 0.771. The van der Waals surface area contributed by atoms with Crippen LogP contribution in [-0.4, -0.2) is 47.1 Å². The molecule has 6 nitrogen and oxygen atoms in total. The van der Waals surface area contributed by atoms with Gasteiger partial charge in [-0.05, 0) is 69.0 Å². The summed E-state index contributed by atoms with van der Waals surface area (Å²) in [6.07, 6.45) is 2.22. The summed E-state index contributed by atoms with van der Waals surface area (Å²) in [6.45, 7) is 5.77. The first kappa shape index (κ1) is 17.5. The van der Waals surface area contributed by atoms with Gasteiger partial charge in [-0.2, -0.15) is 4.98 Å². The van der Waals surface area contributed by atoms with Gasteiger partial charge in [0.15, 0.2) is 5.82 Å². The number of thioether (sulfide) groups is 1. The largest absolute Gasteiger partial charge is 0.339 e. The minimum atomic E-state index is 0.155. The Morgan fingerprint density at radius 1 is 1.23 bits per heavy atom. The van der Waals surface area contributed by atoms with Crippen molar-refractivity contribution in [2.24, 2.45) is 11.8 Å². The highest BCUT2D eigenvalue weighted by atomic mass is 32.2.